The Hall–Kier alpha value is -2.79. The molecule has 1 aliphatic rings. The molecule has 1 aromatic carbocycles. The lowest BCUT2D eigenvalue weighted by Crippen LogP contribution is -2.29. The van der Waals surface area contributed by atoms with E-state index in [2.05, 4.69) is 4.98 Å². The van der Waals surface area contributed by atoms with Crippen LogP contribution in [-0.4, -0.2) is 16.8 Å². The molecule has 0 saturated carbocycles. The molecule has 106 valence electrons. The predicted octanol–water partition coefficient (Wildman–Crippen LogP) is 3.61. The van der Waals surface area contributed by atoms with E-state index in [0.717, 1.165) is 10.4 Å². The Balaban J connectivity index is 1.81. The number of benzene rings is 1. The number of carbonyl (C=O) groups is 2. The first kappa shape index (κ1) is 12.9. The minimum Gasteiger partial charge on any atom is -0.268 e. The normalized spacial score (nSPS) is 13.5. The molecule has 4 nitrogen and oxygen atoms in total. The van der Waals surface area contributed by atoms with Gasteiger partial charge in [-0.3, -0.25) is 14.6 Å². The second-order valence-corrected chi connectivity index (χ2v) is 5.84. The number of thiophene rings is 1. The number of aromatic nitrogens is 1. The highest BCUT2D eigenvalue weighted by Gasteiger charge is 2.36. The summed E-state index contributed by atoms with van der Waals surface area (Å²) in [5.41, 5.74) is 2.39. The monoisotopic (exact) mass is 306 g/mol. The molecule has 4 rings (SSSR count). The number of hydrogen-bond acceptors (Lipinski definition) is 4. The van der Waals surface area contributed by atoms with Crippen molar-refractivity contribution in [1.82, 2.24) is 4.98 Å². The maximum Gasteiger partial charge on any atom is 0.266 e. The molecule has 0 N–H and O–H groups in total. The van der Waals surface area contributed by atoms with Gasteiger partial charge in [-0.25, -0.2) is 4.90 Å². The molecule has 0 radical (unpaired) electrons. The number of carbonyl (C=O) groups excluding carboxylic acids is 2. The molecule has 0 bridgehead atoms. The van der Waals surface area contributed by atoms with E-state index in [1.165, 1.54) is 4.90 Å². The molecule has 0 spiro atoms. The Bertz CT molecular complexity index is 873. The van der Waals surface area contributed by atoms with Crippen LogP contribution in [0.25, 0.3) is 10.4 Å². The van der Waals surface area contributed by atoms with Crippen molar-refractivity contribution in [2.75, 3.05) is 4.90 Å². The van der Waals surface area contributed by atoms with Crippen molar-refractivity contribution in [3.8, 4) is 10.4 Å². The van der Waals surface area contributed by atoms with Crippen molar-refractivity contribution in [2.24, 2.45) is 0 Å². The molecular weight excluding hydrogens is 296 g/mol. The highest BCUT2D eigenvalue weighted by atomic mass is 32.1. The Morgan fingerprint density at radius 3 is 2.41 bits per heavy atom. The van der Waals surface area contributed by atoms with Gasteiger partial charge in [-0.05, 0) is 41.3 Å². The molecule has 2 amide bonds. The minimum absolute atomic E-state index is 0.287. The highest BCUT2D eigenvalue weighted by molar-refractivity contribution is 7.13. The van der Waals surface area contributed by atoms with Gasteiger partial charge in [-0.15, -0.1) is 11.3 Å². The molecular formula is C17H10N2O2S. The first-order valence-electron chi connectivity index (χ1n) is 6.72. The van der Waals surface area contributed by atoms with Crippen LogP contribution in [0.3, 0.4) is 0 Å². The highest BCUT2D eigenvalue weighted by Crippen LogP contribution is 2.32. The molecule has 3 aromatic rings. The summed E-state index contributed by atoms with van der Waals surface area (Å²) in [6.07, 6.45) is 3.13. The SMILES string of the molecule is O=C1c2ccc(-c3cccs3)cc2C(=O)N1c1ccncc1. The van der Waals surface area contributed by atoms with Crippen LogP contribution in [0.15, 0.2) is 60.2 Å². The number of nitrogens with zero attached hydrogens (tertiary/aromatic N) is 2. The van der Waals surface area contributed by atoms with E-state index >= 15 is 0 Å². The zero-order chi connectivity index (χ0) is 15.1. The van der Waals surface area contributed by atoms with Crippen molar-refractivity contribution < 1.29 is 9.59 Å². The lowest BCUT2D eigenvalue weighted by Gasteiger charge is -2.12. The fourth-order valence-electron chi connectivity index (χ4n) is 2.56. The molecule has 5 heteroatoms. The van der Waals surface area contributed by atoms with E-state index in [1.807, 2.05) is 23.6 Å². The average Bonchev–Trinajstić information content (AvgIpc) is 3.16. The standard InChI is InChI=1S/C17H10N2O2S/c20-16-13-4-3-11(15-2-1-9-22-15)10-14(13)17(21)19(16)12-5-7-18-8-6-12/h1-10H. The number of fused-ring (bicyclic) bond motifs is 1. The molecule has 2 aromatic heterocycles. The lowest BCUT2D eigenvalue weighted by atomic mass is 10.0. The van der Waals surface area contributed by atoms with Gasteiger partial charge in [0.2, 0.25) is 0 Å². The number of amides is 2. The number of rotatable bonds is 2. The largest absolute Gasteiger partial charge is 0.268 e. The number of anilines is 1. The molecule has 0 unspecified atom stereocenters. The number of pyridine rings is 1. The van der Waals surface area contributed by atoms with Crippen LogP contribution in [0.1, 0.15) is 20.7 Å². The fraction of sp³-hybridized carbons (Fsp3) is 0. The molecule has 3 heterocycles. The van der Waals surface area contributed by atoms with Gasteiger partial charge in [0, 0.05) is 17.3 Å². The average molecular weight is 306 g/mol. The van der Waals surface area contributed by atoms with Gasteiger partial charge in [0.25, 0.3) is 11.8 Å². The van der Waals surface area contributed by atoms with E-state index in [4.69, 9.17) is 0 Å². The smallest absolute Gasteiger partial charge is 0.266 e. The predicted molar refractivity (Wildman–Crippen MR) is 85.1 cm³/mol. The Labute approximate surface area is 130 Å². The van der Waals surface area contributed by atoms with Gasteiger partial charge in [-0.1, -0.05) is 12.1 Å². The Morgan fingerprint density at radius 2 is 1.68 bits per heavy atom. The fourth-order valence-corrected chi connectivity index (χ4v) is 3.29. The van der Waals surface area contributed by atoms with Crippen LogP contribution in [-0.2, 0) is 0 Å². The van der Waals surface area contributed by atoms with Crippen LogP contribution < -0.4 is 4.90 Å². The summed E-state index contributed by atoms with van der Waals surface area (Å²) in [5, 5.41) is 1.98. The quantitative estimate of drug-likeness (QED) is 0.680. The van der Waals surface area contributed by atoms with Crippen LogP contribution in [0.2, 0.25) is 0 Å². The Morgan fingerprint density at radius 1 is 0.909 bits per heavy atom. The van der Waals surface area contributed by atoms with Crippen LogP contribution in [0.5, 0.6) is 0 Å². The van der Waals surface area contributed by atoms with Crippen molar-refractivity contribution in [3.63, 3.8) is 0 Å². The molecule has 0 fully saturated rings. The van der Waals surface area contributed by atoms with Crippen molar-refractivity contribution in [3.05, 3.63) is 71.4 Å². The van der Waals surface area contributed by atoms with Gasteiger partial charge in [0.15, 0.2) is 0 Å². The molecule has 1 aliphatic heterocycles. The first-order valence-corrected chi connectivity index (χ1v) is 7.60. The summed E-state index contributed by atoms with van der Waals surface area (Å²) in [6.45, 7) is 0. The summed E-state index contributed by atoms with van der Waals surface area (Å²) < 4.78 is 0. The van der Waals surface area contributed by atoms with Gasteiger partial charge in [0.1, 0.15) is 0 Å². The minimum atomic E-state index is -0.288. The number of hydrogen-bond donors (Lipinski definition) is 0. The van der Waals surface area contributed by atoms with Gasteiger partial charge >= 0.3 is 0 Å². The summed E-state index contributed by atoms with van der Waals surface area (Å²) in [7, 11) is 0. The molecule has 0 aliphatic carbocycles. The van der Waals surface area contributed by atoms with Gasteiger partial charge in [0.05, 0.1) is 16.8 Å². The van der Waals surface area contributed by atoms with Gasteiger partial charge in [-0.2, -0.15) is 0 Å². The first-order chi connectivity index (χ1) is 10.8. The zero-order valence-corrected chi connectivity index (χ0v) is 12.2. The number of imide groups is 1. The third-order valence-corrected chi connectivity index (χ3v) is 4.53. The second kappa shape index (κ2) is 4.89. The molecule has 0 atom stereocenters. The molecule has 22 heavy (non-hydrogen) atoms. The maximum atomic E-state index is 12.6. The lowest BCUT2D eigenvalue weighted by molar-refractivity contribution is 0.0926. The summed E-state index contributed by atoms with van der Waals surface area (Å²) in [6, 6.07) is 12.7. The molecule has 0 saturated heterocycles. The second-order valence-electron chi connectivity index (χ2n) is 4.89. The summed E-state index contributed by atoms with van der Waals surface area (Å²) >= 11 is 1.60. The van der Waals surface area contributed by atoms with Crippen molar-refractivity contribution >= 4 is 28.8 Å². The topological polar surface area (TPSA) is 50.3 Å². The van der Waals surface area contributed by atoms with E-state index < -0.39 is 0 Å². The van der Waals surface area contributed by atoms with Crippen molar-refractivity contribution in [2.45, 2.75) is 0 Å². The third kappa shape index (κ3) is 1.87. The van der Waals surface area contributed by atoms with E-state index in [0.29, 0.717) is 16.8 Å². The van der Waals surface area contributed by atoms with E-state index in [-0.39, 0.29) is 11.8 Å². The van der Waals surface area contributed by atoms with Crippen LogP contribution in [0.4, 0.5) is 5.69 Å². The maximum absolute atomic E-state index is 12.6. The van der Waals surface area contributed by atoms with Crippen molar-refractivity contribution in [1.29, 1.82) is 0 Å². The van der Waals surface area contributed by atoms with E-state index in [9.17, 15) is 9.59 Å². The van der Waals surface area contributed by atoms with Gasteiger partial charge < -0.3 is 0 Å². The van der Waals surface area contributed by atoms with Crippen LogP contribution >= 0.6 is 11.3 Å². The van der Waals surface area contributed by atoms with E-state index in [1.54, 1.807) is 48.0 Å². The summed E-state index contributed by atoms with van der Waals surface area (Å²) in [5.74, 6) is -0.575. The zero-order valence-electron chi connectivity index (χ0n) is 11.4. The summed E-state index contributed by atoms with van der Waals surface area (Å²) in [4.78, 5) is 31.3. The van der Waals surface area contributed by atoms with Crippen LogP contribution in [0, 0.1) is 0 Å². The Kier molecular flexibility index (Phi) is 2.87. The third-order valence-electron chi connectivity index (χ3n) is 3.61.